The molecule has 0 saturated carbocycles. The molecule has 1 saturated heterocycles. The zero-order chi connectivity index (χ0) is 18.0. The van der Waals surface area contributed by atoms with E-state index in [0.29, 0.717) is 24.3 Å². The van der Waals surface area contributed by atoms with Gasteiger partial charge in [0.25, 0.3) is 5.91 Å². The monoisotopic (exact) mass is 352 g/mol. The molecule has 25 heavy (non-hydrogen) atoms. The summed E-state index contributed by atoms with van der Waals surface area (Å²) < 4.78 is 40.1. The van der Waals surface area contributed by atoms with E-state index in [1.165, 1.54) is 16.9 Å². The van der Waals surface area contributed by atoms with E-state index < -0.39 is 11.7 Å². The Hall–Kier alpha value is -2.35. The molecule has 1 fully saturated rings. The number of nitrogens with zero attached hydrogens (tertiary/aromatic N) is 3. The van der Waals surface area contributed by atoms with Gasteiger partial charge in [-0.05, 0) is 38.1 Å². The highest BCUT2D eigenvalue weighted by atomic mass is 19.4. The third-order valence-corrected chi connectivity index (χ3v) is 4.29. The van der Waals surface area contributed by atoms with Crippen LogP contribution in [0.1, 0.15) is 28.0 Å². The standard InChI is InChI=1S/C17H19F3N4O/c1-12-15(16(25)23-8-3-6-21-7-9-23)11-22-24(12)14-5-2-4-13(10-14)17(18,19)20/h2,4-5,10-11,21H,3,6-9H2,1H3. The highest BCUT2D eigenvalue weighted by molar-refractivity contribution is 5.95. The third kappa shape index (κ3) is 3.68. The number of hydrogen-bond donors (Lipinski definition) is 1. The first-order valence-electron chi connectivity index (χ1n) is 8.10. The molecule has 2 heterocycles. The number of carbonyl (C=O) groups is 1. The Balaban J connectivity index is 1.90. The van der Waals surface area contributed by atoms with Gasteiger partial charge in [0.2, 0.25) is 0 Å². The molecule has 3 rings (SSSR count). The van der Waals surface area contributed by atoms with E-state index in [4.69, 9.17) is 0 Å². The second-order valence-corrected chi connectivity index (χ2v) is 6.00. The Bertz CT molecular complexity index is 761. The molecule has 0 radical (unpaired) electrons. The van der Waals surface area contributed by atoms with Crippen LogP contribution < -0.4 is 5.32 Å². The van der Waals surface area contributed by atoms with Gasteiger partial charge in [0.15, 0.2) is 0 Å². The van der Waals surface area contributed by atoms with Crippen LogP contribution in [0.25, 0.3) is 5.69 Å². The maximum Gasteiger partial charge on any atom is 0.416 e. The van der Waals surface area contributed by atoms with E-state index in [0.717, 1.165) is 31.6 Å². The fraction of sp³-hybridized carbons (Fsp3) is 0.412. The van der Waals surface area contributed by atoms with Gasteiger partial charge in [0, 0.05) is 19.6 Å². The fourth-order valence-electron chi connectivity index (χ4n) is 2.91. The molecule has 1 aliphatic heterocycles. The molecule has 1 aromatic heterocycles. The van der Waals surface area contributed by atoms with Crippen LogP contribution >= 0.6 is 0 Å². The molecule has 1 aliphatic rings. The van der Waals surface area contributed by atoms with Crippen LogP contribution in [-0.2, 0) is 6.18 Å². The van der Waals surface area contributed by atoms with Crippen molar-refractivity contribution < 1.29 is 18.0 Å². The molecule has 2 aromatic rings. The summed E-state index contributed by atoms with van der Waals surface area (Å²) in [4.78, 5) is 14.5. The van der Waals surface area contributed by atoms with E-state index >= 15 is 0 Å². The maximum absolute atomic E-state index is 12.9. The SMILES string of the molecule is Cc1c(C(=O)N2CCCNCC2)cnn1-c1cccc(C(F)(F)F)c1. The summed E-state index contributed by atoms with van der Waals surface area (Å²) in [6.07, 6.45) is -2.13. The Labute approximate surface area is 143 Å². The Morgan fingerprint density at radius 3 is 2.80 bits per heavy atom. The number of hydrogen-bond acceptors (Lipinski definition) is 3. The van der Waals surface area contributed by atoms with Crippen molar-refractivity contribution in [3.05, 3.63) is 47.3 Å². The van der Waals surface area contributed by atoms with Crippen LogP contribution in [0.2, 0.25) is 0 Å². The molecule has 0 aliphatic carbocycles. The topological polar surface area (TPSA) is 50.2 Å². The van der Waals surface area contributed by atoms with Crippen LogP contribution in [0.15, 0.2) is 30.5 Å². The summed E-state index contributed by atoms with van der Waals surface area (Å²) in [5.41, 5.74) is 0.483. The molecular weight excluding hydrogens is 333 g/mol. The summed E-state index contributed by atoms with van der Waals surface area (Å²) in [6.45, 7) is 4.54. The number of halogens is 3. The van der Waals surface area contributed by atoms with Gasteiger partial charge >= 0.3 is 6.18 Å². The van der Waals surface area contributed by atoms with E-state index in [9.17, 15) is 18.0 Å². The largest absolute Gasteiger partial charge is 0.416 e. The van der Waals surface area contributed by atoms with Crippen molar-refractivity contribution in [3.8, 4) is 5.69 Å². The second kappa shape index (κ2) is 6.87. The van der Waals surface area contributed by atoms with Gasteiger partial charge < -0.3 is 10.2 Å². The van der Waals surface area contributed by atoms with Gasteiger partial charge in [-0.15, -0.1) is 0 Å². The van der Waals surface area contributed by atoms with E-state index in [-0.39, 0.29) is 11.6 Å². The first kappa shape index (κ1) is 17.5. The van der Waals surface area contributed by atoms with Crippen molar-refractivity contribution >= 4 is 5.91 Å². The molecule has 0 unspecified atom stereocenters. The minimum Gasteiger partial charge on any atom is -0.337 e. The van der Waals surface area contributed by atoms with E-state index in [2.05, 4.69) is 10.4 Å². The Kier molecular flexibility index (Phi) is 4.80. The Morgan fingerprint density at radius 2 is 2.04 bits per heavy atom. The average Bonchev–Trinajstić information content (AvgIpc) is 2.79. The summed E-state index contributed by atoms with van der Waals surface area (Å²) in [5.74, 6) is -0.139. The van der Waals surface area contributed by atoms with Crippen LogP contribution in [0.3, 0.4) is 0 Å². The molecule has 1 aromatic carbocycles. The first-order valence-corrected chi connectivity index (χ1v) is 8.10. The van der Waals surface area contributed by atoms with Gasteiger partial charge in [-0.25, -0.2) is 4.68 Å². The minimum atomic E-state index is -4.42. The molecule has 8 heteroatoms. The number of amides is 1. The Morgan fingerprint density at radius 1 is 1.24 bits per heavy atom. The van der Waals surface area contributed by atoms with Gasteiger partial charge in [0.05, 0.1) is 28.7 Å². The molecule has 0 spiro atoms. The molecule has 0 bridgehead atoms. The maximum atomic E-state index is 12.9. The van der Waals surface area contributed by atoms with Gasteiger partial charge in [0.1, 0.15) is 0 Å². The highest BCUT2D eigenvalue weighted by Crippen LogP contribution is 2.30. The lowest BCUT2D eigenvalue weighted by molar-refractivity contribution is -0.137. The smallest absolute Gasteiger partial charge is 0.337 e. The molecular formula is C17H19F3N4O. The number of alkyl halides is 3. The van der Waals surface area contributed by atoms with Gasteiger partial charge in [-0.1, -0.05) is 6.07 Å². The van der Waals surface area contributed by atoms with Crippen molar-refractivity contribution in [1.29, 1.82) is 0 Å². The van der Waals surface area contributed by atoms with E-state index in [1.54, 1.807) is 17.9 Å². The first-order chi connectivity index (χ1) is 11.9. The zero-order valence-electron chi connectivity index (χ0n) is 13.8. The van der Waals surface area contributed by atoms with Crippen LogP contribution in [0.5, 0.6) is 0 Å². The number of aromatic nitrogens is 2. The summed E-state index contributed by atoms with van der Waals surface area (Å²) in [7, 11) is 0. The predicted molar refractivity (Wildman–Crippen MR) is 86.7 cm³/mol. The van der Waals surface area contributed by atoms with Crippen molar-refractivity contribution in [2.75, 3.05) is 26.2 Å². The lowest BCUT2D eigenvalue weighted by atomic mass is 10.2. The lowest BCUT2D eigenvalue weighted by Crippen LogP contribution is -2.34. The summed E-state index contributed by atoms with van der Waals surface area (Å²) in [6, 6.07) is 4.92. The molecule has 1 N–H and O–H groups in total. The molecule has 1 amide bonds. The molecule has 134 valence electrons. The number of carbonyl (C=O) groups excluding carboxylic acids is 1. The summed E-state index contributed by atoms with van der Waals surface area (Å²) >= 11 is 0. The predicted octanol–water partition coefficient (Wildman–Crippen LogP) is 2.64. The average molecular weight is 352 g/mol. The van der Waals surface area contributed by atoms with Crippen molar-refractivity contribution in [3.63, 3.8) is 0 Å². The van der Waals surface area contributed by atoms with Crippen LogP contribution in [0, 0.1) is 6.92 Å². The highest BCUT2D eigenvalue weighted by Gasteiger charge is 2.31. The lowest BCUT2D eigenvalue weighted by Gasteiger charge is -2.19. The van der Waals surface area contributed by atoms with Crippen molar-refractivity contribution in [2.45, 2.75) is 19.5 Å². The van der Waals surface area contributed by atoms with Crippen LogP contribution in [0.4, 0.5) is 13.2 Å². The van der Waals surface area contributed by atoms with Crippen molar-refractivity contribution in [1.82, 2.24) is 20.0 Å². The van der Waals surface area contributed by atoms with Gasteiger partial charge in [-0.2, -0.15) is 18.3 Å². The van der Waals surface area contributed by atoms with Crippen LogP contribution in [-0.4, -0.2) is 46.8 Å². The minimum absolute atomic E-state index is 0.139. The second-order valence-electron chi connectivity index (χ2n) is 6.00. The third-order valence-electron chi connectivity index (χ3n) is 4.29. The number of rotatable bonds is 2. The van der Waals surface area contributed by atoms with Crippen molar-refractivity contribution in [2.24, 2.45) is 0 Å². The quantitative estimate of drug-likeness (QED) is 0.904. The normalized spacial score (nSPS) is 15.9. The molecule has 0 atom stereocenters. The zero-order valence-corrected chi connectivity index (χ0v) is 13.8. The summed E-state index contributed by atoms with van der Waals surface area (Å²) in [5, 5.41) is 7.36. The molecule has 5 nitrogen and oxygen atoms in total. The van der Waals surface area contributed by atoms with Gasteiger partial charge in [-0.3, -0.25) is 4.79 Å². The fourth-order valence-corrected chi connectivity index (χ4v) is 2.91. The number of benzene rings is 1. The van der Waals surface area contributed by atoms with E-state index in [1.807, 2.05) is 0 Å². The number of nitrogens with one attached hydrogen (secondary N) is 1.